The molecule has 0 unspecified atom stereocenters. The molecule has 0 radical (unpaired) electrons. The Labute approximate surface area is 245 Å². The highest BCUT2D eigenvalue weighted by atomic mass is 35.5. The average molecular weight is 601 g/mol. The molecule has 1 saturated heterocycles. The Bertz CT molecular complexity index is 1560. The molecular formula is C31H28ClF3N2O3S. The molecule has 0 spiro atoms. The summed E-state index contributed by atoms with van der Waals surface area (Å²) in [7, 11) is 0. The molecule has 2 heterocycles. The summed E-state index contributed by atoms with van der Waals surface area (Å²) < 4.78 is 50.9. The van der Waals surface area contributed by atoms with Gasteiger partial charge < -0.3 is 14.8 Å². The van der Waals surface area contributed by atoms with E-state index in [1.54, 1.807) is 0 Å². The number of benzene rings is 3. The van der Waals surface area contributed by atoms with Crippen molar-refractivity contribution in [1.29, 1.82) is 0 Å². The quantitative estimate of drug-likeness (QED) is 0.216. The smallest absolute Gasteiger partial charge is 0.416 e. The van der Waals surface area contributed by atoms with E-state index >= 15 is 0 Å². The maximum Gasteiger partial charge on any atom is 0.416 e. The van der Waals surface area contributed by atoms with E-state index in [-0.39, 0.29) is 23.5 Å². The van der Waals surface area contributed by atoms with Crippen LogP contribution in [0.4, 0.5) is 13.2 Å². The number of hydrogen-bond donors (Lipinski definition) is 1. The Balaban J connectivity index is 1.30. The summed E-state index contributed by atoms with van der Waals surface area (Å²) >= 11 is 7.47. The van der Waals surface area contributed by atoms with E-state index in [1.165, 1.54) is 17.4 Å². The van der Waals surface area contributed by atoms with Crippen LogP contribution in [0.1, 0.15) is 35.1 Å². The lowest BCUT2D eigenvalue weighted by Crippen LogP contribution is -2.33. The monoisotopic (exact) mass is 600 g/mol. The summed E-state index contributed by atoms with van der Waals surface area (Å²) in [6.45, 7) is 5.77. The molecule has 5 rings (SSSR count). The normalized spacial score (nSPS) is 14.2. The molecule has 4 aromatic rings. The van der Waals surface area contributed by atoms with E-state index in [4.69, 9.17) is 21.1 Å². The number of aromatic nitrogens is 1. The summed E-state index contributed by atoms with van der Waals surface area (Å²) in [6.07, 6.45) is -2.94. The van der Waals surface area contributed by atoms with E-state index in [0.29, 0.717) is 22.2 Å². The van der Waals surface area contributed by atoms with Gasteiger partial charge in [0.25, 0.3) is 5.19 Å². The highest BCUT2D eigenvalue weighted by Crippen LogP contribution is 2.37. The topological polar surface area (TPSA) is 60.5 Å². The van der Waals surface area contributed by atoms with E-state index in [9.17, 15) is 18.0 Å². The number of carbonyl (C=O) groups is 1. The number of carbonyl (C=O) groups excluding carboxylic acids is 1. The van der Waals surface area contributed by atoms with Gasteiger partial charge in [0.2, 0.25) is 0 Å². The number of hydrogen-bond acceptors (Lipinski definition) is 6. The van der Waals surface area contributed by atoms with Crippen LogP contribution in [0.2, 0.25) is 5.02 Å². The molecule has 5 nitrogen and oxygen atoms in total. The zero-order chi connectivity index (χ0) is 29.1. The maximum absolute atomic E-state index is 13.0. The van der Waals surface area contributed by atoms with E-state index in [1.807, 2.05) is 55.6 Å². The third-order valence-electron chi connectivity index (χ3n) is 7.09. The minimum Gasteiger partial charge on any atom is -0.488 e. The number of piperidine rings is 1. The van der Waals surface area contributed by atoms with Gasteiger partial charge in [-0.2, -0.15) is 13.2 Å². The predicted molar refractivity (Wildman–Crippen MR) is 154 cm³/mol. The second-order valence-electron chi connectivity index (χ2n) is 10.1. The lowest BCUT2D eigenvalue weighted by atomic mass is 9.99. The Morgan fingerprint density at radius 3 is 2.54 bits per heavy atom. The third-order valence-corrected chi connectivity index (χ3v) is 8.12. The first kappa shape index (κ1) is 29.1. The van der Waals surface area contributed by atoms with Crippen LogP contribution in [0, 0.1) is 19.8 Å². The van der Waals surface area contributed by atoms with Crippen LogP contribution in [-0.2, 0) is 17.6 Å². The molecule has 1 fully saturated rings. The molecule has 0 bridgehead atoms. The van der Waals surface area contributed by atoms with Crippen molar-refractivity contribution in [2.45, 2.75) is 39.5 Å². The van der Waals surface area contributed by atoms with Crippen molar-refractivity contribution >= 4 is 28.9 Å². The van der Waals surface area contributed by atoms with Gasteiger partial charge >= 0.3 is 12.1 Å². The molecule has 214 valence electrons. The van der Waals surface area contributed by atoms with Crippen molar-refractivity contribution < 1.29 is 27.4 Å². The lowest BCUT2D eigenvalue weighted by Gasteiger charge is -2.20. The molecule has 0 aliphatic carbocycles. The second-order valence-corrected chi connectivity index (χ2v) is 11.3. The predicted octanol–water partition coefficient (Wildman–Crippen LogP) is 8.25. The summed E-state index contributed by atoms with van der Waals surface area (Å²) in [6, 6.07) is 14.8. The van der Waals surface area contributed by atoms with Gasteiger partial charge in [0, 0.05) is 21.5 Å². The number of aryl methyl sites for hydroxylation is 2. The maximum atomic E-state index is 13.0. The van der Waals surface area contributed by atoms with Crippen LogP contribution in [0.25, 0.3) is 22.4 Å². The number of alkyl halides is 3. The molecule has 10 heteroatoms. The lowest BCUT2D eigenvalue weighted by molar-refractivity contribution is -0.140. The van der Waals surface area contributed by atoms with E-state index < -0.39 is 11.7 Å². The largest absolute Gasteiger partial charge is 0.488 e. The van der Waals surface area contributed by atoms with E-state index in [2.05, 4.69) is 10.3 Å². The van der Waals surface area contributed by atoms with Crippen molar-refractivity contribution in [1.82, 2.24) is 10.3 Å². The number of thiazole rings is 1. The minimum absolute atomic E-state index is 0.0385. The zero-order valence-corrected chi connectivity index (χ0v) is 24.1. The molecule has 0 amide bonds. The van der Waals surface area contributed by atoms with Gasteiger partial charge in [-0.15, -0.1) is 0 Å². The van der Waals surface area contributed by atoms with Crippen LogP contribution in [0.15, 0.2) is 60.0 Å². The molecule has 41 heavy (non-hydrogen) atoms. The second kappa shape index (κ2) is 12.2. The minimum atomic E-state index is -4.45. The fourth-order valence-corrected chi connectivity index (χ4v) is 5.69. The number of nitrogens with zero attached hydrogens (tertiary/aromatic N) is 1. The van der Waals surface area contributed by atoms with E-state index in [0.717, 1.165) is 65.9 Å². The zero-order valence-electron chi connectivity index (χ0n) is 22.5. The highest BCUT2D eigenvalue weighted by molar-refractivity contribution is 7.11. The summed E-state index contributed by atoms with van der Waals surface area (Å²) in [5.41, 5.74) is 4.76. The number of esters is 1. The highest BCUT2D eigenvalue weighted by Gasteiger charge is 2.31. The fraction of sp³-hybridized carbons (Fsp3) is 0.290. The first-order valence-electron chi connectivity index (χ1n) is 13.2. The number of nitrogens with one attached hydrogen (secondary N) is 1. The first-order valence-corrected chi connectivity index (χ1v) is 14.4. The van der Waals surface area contributed by atoms with Crippen molar-refractivity contribution in [3.05, 3.63) is 87.3 Å². The Hall–Kier alpha value is -3.40. The standard InChI is InChI=1S/C31H28ClF3N2O3S/c1-18-3-8-28(25(13-18)27-17-41-30(37-27)40-29(38)20-9-11-36-12-10-20)39-16-22-5-4-21(14-19(22)2)24-7-6-23(15-26(24)32)31(33,34)35/h3-8,13-15,17,20,36H,9-12,16H2,1-2H3. The van der Waals surface area contributed by atoms with Crippen molar-refractivity contribution in [2.24, 2.45) is 5.92 Å². The molecule has 0 saturated carbocycles. The Kier molecular flexibility index (Phi) is 8.68. The van der Waals surface area contributed by atoms with Gasteiger partial charge in [0.05, 0.1) is 17.2 Å². The SMILES string of the molecule is Cc1ccc(OCc2ccc(-c3ccc(C(F)(F)F)cc3Cl)cc2C)c(-c2csc(OC(=O)C3CCNCC3)n2)c1. The van der Waals surface area contributed by atoms with Gasteiger partial charge in [0.15, 0.2) is 0 Å². The molecule has 1 N–H and O–H groups in total. The first-order chi connectivity index (χ1) is 19.6. The summed E-state index contributed by atoms with van der Waals surface area (Å²) in [5, 5.41) is 5.44. The number of ether oxygens (including phenoxy) is 2. The molecule has 1 aliphatic heterocycles. The van der Waals surface area contributed by atoms with Gasteiger partial charge in [-0.05, 0) is 80.7 Å². The van der Waals surface area contributed by atoms with Gasteiger partial charge in [0.1, 0.15) is 12.4 Å². The van der Waals surface area contributed by atoms with Gasteiger partial charge in [-0.1, -0.05) is 58.8 Å². The molecular weight excluding hydrogens is 573 g/mol. The molecule has 0 atom stereocenters. The van der Waals surface area contributed by atoms with Crippen LogP contribution in [0.5, 0.6) is 10.9 Å². The third kappa shape index (κ3) is 6.92. The van der Waals surface area contributed by atoms with Crippen molar-refractivity contribution in [3.8, 4) is 33.3 Å². The summed E-state index contributed by atoms with van der Waals surface area (Å²) in [4.78, 5) is 17.1. The average Bonchev–Trinajstić information content (AvgIpc) is 3.41. The van der Waals surface area contributed by atoms with Crippen LogP contribution >= 0.6 is 22.9 Å². The van der Waals surface area contributed by atoms with Crippen molar-refractivity contribution in [2.75, 3.05) is 13.1 Å². The molecule has 3 aromatic carbocycles. The van der Waals surface area contributed by atoms with Gasteiger partial charge in [-0.25, -0.2) is 4.98 Å². The summed E-state index contributed by atoms with van der Waals surface area (Å²) in [5.74, 6) is 0.266. The Morgan fingerprint density at radius 1 is 1.05 bits per heavy atom. The van der Waals surface area contributed by atoms with Gasteiger partial charge in [-0.3, -0.25) is 4.79 Å². The van der Waals surface area contributed by atoms with Crippen LogP contribution in [-0.4, -0.2) is 24.0 Å². The Morgan fingerprint density at radius 2 is 1.83 bits per heavy atom. The number of rotatable bonds is 7. The number of halogens is 4. The molecule has 1 aromatic heterocycles. The fourth-order valence-electron chi connectivity index (χ4n) is 4.73. The van der Waals surface area contributed by atoms with Crippen LogP contribution < -0.4 is 14.8 Å². The molecule has 1 aliphatic rings. The van der Waals surface area contributed by atoms with Crippen LogP contribution in [0.3, 0.4) is 0 Å². The van der Waals surface area contributed by atoms with Crippen molar-refractivity contribution in [3.63, 3.8) is 0 Å².